The second kappa shape index (κ2) is 10.2. The molecule has 2 aromatic carbocycles. The van der Waals surface area contributed by atoms with Crippen molar-refractivity contribution in [1.29, 1.82) is 0 Å². The molecule has 0 aromatic heterocycles. The van der Waals surface area contributed by atoms with Gasteiger partial charge in [-0.2, -0.15) is 0 Å². The number of hydrogen-bond acceptors (Lipinski definition) is 3. The van der Waals surface area contributed by atoms with Gasteiger partial charge in [-0.05, 0) is 55.2 Å². The van der Waals surface area contributed by atoms with E-state index >= 15 is 0 Å². The Hall–Kier alpha value is -2.53. The lowest BCUT2D eigenvalue weighted by Crippen LogP contribution is -2.38. The van der Waals surface area contributed by atoms with E-state index in [0.717, 1.165) is 11.3 Å². The third-order valence-corrected chi connectivity index (χ3v) is 5.23. The monoisotopic (exact) mass is 443 g/mol. The van der Waals surface area contributed by atoms with Crippen molar-refractivity contribution in [3.8, 4) is 0 Å². The molecule has 31 heavy (non-hydrogen) atoms. The quantitative estimate of drug-likeness (QED) is 0.585. The minimum absolute atomic E-state index is 0.0613. The van der Waals surface area contributed by atoms with Crippen molar-refractivity contribution in [2.75, 3.05) is 24.3 Å². The molecule has 2 rings (SSSR count). The first-order chi connectivity index (χ1) is 14.4. The van der Waals surface area contributed by atoms with Crippen molar-refractivity contribution in [2.24, 2.45) is 5.41 Å². The SMILES string of the molecule is CC(C)N(Cc1cc(NC(=O)c2ccccc2Cl)ccc1N(C)C)C(=O)CC(C)(C)C. The van der Waals surface area contributed by atoms with Crippen molar-refractivity contribution < 1.29 is 9.59 Å². The molecule has 0 spiro atoms. The number of carbonyl (C=O) groups excluding carboxylic acids is 2. The highest BCUT2D eigenvalue weighted by molar-refractivity contribution is 6.34. The molecule has 0 aliphatic rings. The molecule has 0 aliphatic heterocycles. The Balaban J connectivity index is 2.33. The van der Waals surface area contributed by atoms with Gasteiger partial charge in [-0.1, -0.05) is 44.5 Å². The normalized spacial score (nSPS) is 11.4. The number of rotatable bonds is 7. The maximum Gasteiger partial charge on any atom is 0.257 e. The zero-order valence-electron chi connectivity index (χ0n) is 19.6. The molecule has 0 saturated heterocycles. The lowest BCUT2D eigenvalue weighted by atomic mass is 9.91. The number of nitrogens with zero attached hydrogens (tertiary/aromatic N) is 2. The average molecular weight is 444 g/mol. The van der Waals surface area contributed by atoms with Gasteiger partial charge in [-0.3, -0.25) is 9.59 Å². The fraction of sp³-hybridized carbons (Fsp3) is 0.440. The van der Waals surface area contributed by atoms with E-state index in [4.69, 9.17) is 11.6 Å². The Bertz CT molecular complexity index is 933. The van der Waals surface area contributed by atoms with Crippen LogP contribution in [0.15, 0.2) is 42.5 Å². The number of hydrogen-bond donors (Lipinski definition) is 1. The zero-order valence-corrected chi connectivity index (χ0v) is 20.4. The molecule has 0 atom stereocenters. The molecule has 168 valence electrons. The van der Waals surface area contributed by atoms with Gasteiger partial charge < -0.3 is 15.1 Å². The van der Waals surface area contributed by atoms with Crippen molar-refractivity contribution in [1.82, 2.24) is 4.90 Å². The van der Waals surface area contributed by atoms with E-state index in [2.05, 4.69) is 26.1 Å². The molecule has 0 saturated carbocycles. The Kier molecular flexibility index (Phi) is 8.13. The highest BCUT2D eigenvalue weighted by Gasteiger charge is 2.24. The predicted octanol–water partition coefficient (Wildman–Crippen LogP) is 5.83. The van der Waals surface area contributed by atoms with E-state index in [9.17, 15) is 9.59 Å². The predicted molar refractivity (Wildman–Crippen MR) is 130 cm³/mol. The van der Waals surface area contributed by atoms with E-state index in [1.165, 1.54) is 0 Å². The second-order valence-corrected chi connectivity index (χ2v) is 9.93. The van der Waals surface area contributed by atoms with Crippen LogP contribution in [-0.4, -0.2) is 36.9 Å². The van der Waals surface area contributed by atoms with Crippen LogP contribution in [0.3, 0.4) is 0 Å². The fourth-order valence-electron chi connectivity index (χ4n) is 3.37. The Morgan fingerprint density at radius 1 is 1.06 bits per heavy atom. The van der Waals surface area contributed by atoms with Gasteiger partial charge >= 0.3 is 0 Å². The van der Waals surface area contributed by atoms with Crippen LogP contribution < -0.4 is 10.2 Å². The lowest BCUT2D eigenvalue weighted by molar-refractivity contribution is -0.135. The molecule has 0 bridgehead atoms. The van der Waals surface area contributed by atoms with Gasteiger partial charge in [-0.25, -0.2) is 0 Å². The molecule has 2 amide bonds. The van der Waals surface area contributed by atoms with E-state index in [1.54, 1.807) is 24.3 Å². The summed E-state index contributed by atoms with van der Waals surface area (Å²) in [4.78, 5) is 29.6. The molecule has 0 heterocycles. The first kappa shape index (κ1) is 24.7. The Morgan fingerprint density at radius 2 is 1.71 bits per heavy atom. The number of anilines is 2. The van der Waals surface area contributed by atoms with Gasteiger partial charge in [0, 0.05) is 44.5 Å². The maximum absolute atomic E-state index is 13.0. The van der Waals surface area contributed by atoms with E-state index in [1.807, 2.05) is 55.9 Å². The van der Waals surface area contributed by atoms with Crippen LogP contribution in [0, 0.1) is 5.41 Å². The topological polar surface area (TPSA) is 52.7 Å². The number of nitrogens with one attached hydrogen (secondary N) is 1. The number of benzene rings is 2. The summed E-state index contributed by atoms with van der Waals surface area (Å²) in [5.74, 6) is -0.142. The molecular weight excluding hydrogens is 410 g/mol. The van der Waals surface area contributed by atoms with Crippen molar-refractivity contribution >= 4 is 34.8 Å². The molecule has 6 heteroatoms. The minimum atomic E-state index is -0.265. The van der Waals surface area contributed by atoms with Gasteiger partial charge in [0.2, 0.25) is 5.91 Å². The third-order valence-electron chi connectivity index (χ3n) is 4.90. The van der Waals surface area contributed by atoms with Crippen molar-refractivity contribution in [2.45, 2.75) is 53.6 Å². The van der Waals surface area contributed by atoms with Gasteiger partial charge in [0.25, 0.3) is 5.91 Å². The van der Waals surface area contributed by atoms with Crippen LogP contribution in [-0.2, 0) is 11.3 Å². The summed E-state index contributed by atoms with van der Waals surface area (Å²) >= 11 is 6.16. The molecule has 0 radical (unpaired) electrons. The zero-order chi connectivity index (χ0) is 23.3. The van der Waals surface area contributed by atoms with Crippen LogP contribution in [0.2, 0.25) is 5.02 Å². The van der Waals surface area contributed by atoms with Crippen LogP contribution in [0.5, 0.6) is 0 Å². The lowest BCUT2D eigenvalue weighted by Gasteiger charge is -2.31. The number of halogens is 1. The smallest absolute Gasteiger partial charge is 0.257 e. The second-order valence-electron chi connectivity index (χ2n) is 9.52. The van der Waals surface area contributed by atoms with Gasteiger partial charge in [0.1, 0.15) is 0 Å². The summed E-state index contributed by atoms with van der Waals surface area (Å²) in [5.41, 5.74) is 2.98. The van der Waals surface area contributed by atoms with Gasteiger partial charge in [0.15, 0.2) is 0 Å². The molecule has 5 nitrogen and oxygen atoms in total. The van der Waals surface area contributed by atoms with Crippen LogP contribution in [0.1, 0.15) is 57.0 Å². The Labute approximate surface area is 191 Å². The molecule has 0 unspecified atom stereocenters. The van der Waals surface area contributed by atoms with Crippen LogP contribution in [0.4, 0.5) is 11.4 Å². The minimum Gasteiger partial charge on any atom is -0.377 e. The van der Waals surface area contributed by atoms with Crippen molar-refractivity contribution in [3.63, 3.8) is 0 Å². The molecule has 0 fully saturated rings. The fourth-order valence-corrected chi connectivity index (χ4v) is 3.59. The van der Waals surface area contributed by atoms with Gasteiger partial charge in [0.05, 0.1) is 10.6 Å². The van der Waals surface area contributed by atoms with Crippen LogP contribution in [0.25, 0.3) is 0 Å². The average Bonchev–Trinajstić information content (AvgIpc) is 2.64. The highest BCUT2D eigenvalue weighted by Crippen LogP contribution is 2.28. The molecule has 1 N–H and O–H groups in total. The summed E-state index contributed by atoms with van der Waals surface area (Å²) in [5, 5.41) is 3.34. The highest BCUT2D eigenvalue weighted by atomic mass is 35.5. The number of carbonyl (C=O) groups is 2. The summed E-state index contributed by atoms with van der Waals surface area (Å²) in [7, 11) is 3.94. The summed E-state index contributed by atoms with van der Waals surface area (Å²) in [6.45, 7) is 10.7. The van der Waals surface area contributed by atoms with Gasteiger partial charge in [-0.15, -0.1) is 0 Å². The van der Waals surface area contributed by atoms with E-state index in [-0.39, 0.29) is 23.3 Å². The Morgan fingerprint density at radius 3 is 2.26 bits per heavy atom. The first-order valence-corrected chi connectivity index (χ1v) is 10.9. The molecule has 2 aromatic rings. The first-order valence-electron chi connectivity index (χ1n) is 10.5. The van der Waals surface area contributed by atoms with E-state index < -0.39 is 0 Å². The molecular formula is C25H34ClN3O2. The maximum atomic E-state index is 13.0. The van der Waals surface area contributed by atoms with E-state index in [0.29, 0.717) is 29.2 Å². The number of amides is 2. The largest absolute Gasteiger partial charge is 0.377 e. The third kappa shape index (κ3) is 7.00. The standard InChI is InChI=1S/C25H34ClN3O2/c1-17(2)29(23(30)15-25(3,4)5)16-18-14-19(12-13-22(18)28(6)7)27-24(31)20-10-8-9-11-21(20)26/h8-14,17H,15-16H2,1-7H3,(H,27,31). The van der Waals surface area contributed by atoms with Crippen LogP contribution >= 0.6 is 11.6 Å². The summed E-state index contributed by atoms with van der Waals surface area (Å²) < 4.78 is 0. The summed E-state index contributed by atoms with van der Waals surface area (Å²) in [6, 6.07) is 12.8. The summed E-state index contributed by atoms with van der Waals surface area (Å²) in [6.07, 6.45) is 0.478. The molecule has 0 aliphatic carbocycles. The van der Waals surface area contributed by atoms with Crippen molar-refractivity contribution in [3.05, 3.63) is 58.6 Å².